The monoisotopic (exact) mass is 277 g/mol. The molecule has 2 aromatic carbocycles. The summed E-state index contributed by atoms with van der Waals surface area (Å²) in [4.78, 5) is 0. The van der Waals surface area contributed by atoms with Gasteiger partial charge in [-0.3, -0.25) is 0 Å². The van der Waals surface area contributed by atoms with Gasteiger partial charge in [0.15, 0.2) is 0 Å². The Morgan fingerprint density at radius 2 is 1.70 bits per heavy atom. The molecule has 102 valence electrons. The lowest BCUT2D eigenvalue weighted by atomic mass is 9.97. The number of ether oxygens (including phenoxy) is 1. The molecule has 2 aromatic rings. The molecule has 20 heavy (non-hydrogen) atoms. The van der Waals surface area contributed by atoms with E-state index in [0.717, 1.165) is 12.1 Å². The Labute approximate surface area is 114 Å². The van der Waals surface area contributed by atoms with E-state index in [1.54, 1.807) is 24.3 Å². The van der Waals surface area contributed by atoms with Crippen LogP contribution in [0.1, 0.15) is 11.1 Å². The molecule has 2 rings (SSSR count). The fraction of sp³-hybridized carbons (Fsp3) is 0.133. The molecule has 0 saturated heterocycles. The first kappa shape index (κ1) is 13.9. The number of hydrogen-bond acceptors (Lipinski definition) is 2. The molecule has 0 saturated carbocycles. The summed E-state index contributed by atoms with van der Waals surface area (Å²) >= 11 is 0. The van der Waals surface area contributed by atoms with Gasteiger partial charge in [0, 0.05) is 5.56 Å². The van der Waals surface area contributed by atoms with Crippen LogP contribution in [0.3, 0.4) is 0 Å². The van der Waals surface area contributed by atoms with Crippen molar-refractivity contribution >= 4 is 0 Å². The van der Waals surface area contributed by atoms with Crippen molar-refractivity contribution in [1.82, 2.24) is 0 Å². The highest BCUT2D eigenvalue weighted by Gasteiger charge is 2.31. The summed E-state index contributed by atoms with van der Waals surface area (Å²) < 4.78 is 43.2. The number of nitrogens with zero attached hydrogens (tertiary/aromatic N) is 1. The fourth-order valence-corrected chi connectivity index (χ4v) is 1.83. The molecular formula is C15H10F3NO. The number of benzene rings is 2. The maximum atomic E-state index is 12.7. The fourth-order valence-electron chi connectivity index (χ4n) is 1.83. The van der Waals surface area contributed by atoms with Gasteiger partial charge in [-0.2, -0.15) is 18.4 Å². The standard InChI is InChI=1S/C15H10F3NO/c1-20-13-6-3-10(4-7-13)14-8-12(15(16,17)18)5-2-11(14)9-19/h2-8H,1H3. The van der Waals surface area contributed by atoms with Crippen molar-refractivity contribution in [2.24, 2.45) is 0 Å². The summed E-state index contributed by atoms with van der Waals surface area (Å²) in [7, 11) is 1.50. The van der Waals surface area contributed by atoms with Crippen LogP contribution in [0.5, 0.6) is 5.75 Å². The van der Waals surface area contributed by atoms with E-state index in [1.165, 1.54) is 13.2 Å². The van der Waals surface area contributed by atoms with Crippen LogP contribution in [0.25, 0.3) is 11.1 Å². The topological polar surface area (TPSA) is 33.0 Å². The zero-order chi connectivity index (χ0) is 14.8. The van der Waals surface area contributed by atoms with E-state index in [9.17, 15) is 13.2 Å². The molecule has 0 aliphatic rings. The van der Waals surface area contributed by atoms with Gasteiger partial charge in [-0.1, -0.05) is 12.1 Å². The number of methoxy groups -OCH3 is 1. The molecule has 5 heteroatoms. The van der Waals surface area contributed by atoms with E-state index in [4.69, 9.17) is 10.00 Å². The first-order valence-electron chi connectivity index (χ1n) is 5.71. The molecule has 0 unspecified atom stereocenters. The predicted octanol–water partition coefficient (Wildman–Crippen LogP) is 4.25. The Hall–Kier alpha value is -2.48. The molecule has 0 aliphatic heterocycles. The maximum absolute atomic E-state index is 12.7. The molecule has 0 spiro atoms. The van der Waals surface area contributed by atoms with Crippen LogP contribution in [-0.2, 0) is 6.18 Å². The molecule has 0 aliphatic carbocycles. The second-order valence-corrected chi connectivity index (χ2v) is 4.10. The minimum absolute atomic E-state index is 0.197. The van der Waals surface area contributed by atoms with Crippen LogP contribution < -0.4 is 4.74 Å². The Morgan fingerprint density at radius 1 is 1.05 bits per heavy atom. The van der Waals surface area contributed by atoms with Gasteiger partial charge in [-0.05, 0) is 35.9 Å². The Kier molecular flexibility index (Phi) is 3.66. The summed E-state index contributed by atoms with van der Waals surface area (Å²) in [6, 6.07) is 11.5. The average molecular weight is 277 g/mol. The van der Waals surface area contributed by atoms with Crippen LogP contribution in [-0.4, -0.2) is 7.11 Å². The summed E-state index contributed by atoms with van der Waals surface area (Å²) in [6.45, 7) is 0. The molecular weight excluding hydrogens is 267 g/mol. The normalized spacial score (nSPS) is 10.9. The number of nitriles is 1. The smallest absolute Gasteiger partial charge is 0.416 e. The van der Waals surface area contributed by atoms with Gasteiger partial charge in [0.05, 0.1) is 24.3 Å². The molecule has 0 bridgehead atoms. The van der Waals surface area contributed by atoms with Gasteiger partial charge >= 0.3 is 6.18 Å². The zero-order valence-corrected chi connectivity index (χ0v) is 10.5. The van der Waals surface area contributed by atoms with E-state index in [1.807, 2.05) is 6.07 Å². The van der Waals surface area contributed by atoms with E-state index < -0.39 is 11.7 Å². The van der Waals surface area contributed by atoms with Crippen molar-refractivity contribution < 1.29 is 17.9 Å². The minimum atomic E-state index is -4.44. The molecule has 2 nitrogen and oxygen atoms in total. The van der Waals surface area contributed by atoms with Gasteiger partial charge in [-0.25, -0.2) is 0 Å². The van der Waals surface area contributed by atoms with Crippen LogP contribution >= 0.6 is 0 Å². The van der Waals surface area contributed by atoms with Crippen molar-refractivity contribution in [2.45, 2.75) is 6.18 Å². The molecule has 0 amide bonds. The zero-order valence-electron chi connectivity index (χ0n) is 10.5. The van der Waals surface area contributed by atoms with E-state index >= 15 is 0 Å². The molecule has 0 atom stereocenters. The van der Waals surface area contributed by atoms with Crippen molar-refractivity contribution in [3.63, 3.8) is 0 Å². The van der Waals surface area contributed by atoms with Crippen molar-refractivity contribution in [2.75, 3.05) is 7.11 Å². The number of rotatable bonds is 2. The number of halogens is 3. The quantitative estimate of drug-likeness (QED) is 0.822. The van der Waals surface area contributed by atoms with Crippen LogP contribution in [0.15, 0.2) is 42.5 Å². The van der Waals surface area contributed by atoms with Crippen LogP contribution in [0.2, 0.25) is 0 Å². The van der Waals surface area contributed by atoms with Crippen LogP contribution in [0, 0.1) is 11.3 Å². The lowest BCUT2D eigenvalue weighted by Gasteiger charge is -2.11. The highest BCUT2D eigenvalue weighted by molar-refractivity contribution is 5.71. The lowest BCUT2D eigenvalue weighted by Crippen LogP contribution is -2.05. The average Bonchev–Trinajstić information content (AvgIpc) is 2.45. The third kappa shape index (κ3) is 2.75. The van der Waals surface area contributed by atoms with Gasteiger partial charge in [0.25, 0.3) is 0 Å². The summed E-state index contributed by atoms with van der Waals surface area (Å²) in [5, 5.41) is 9.02. The van der Waals surface area contributed by atoms with Crippen molar-refractivity contribution in [1.29, 1.82) is 5.26 Å². The SMILES string of the molecule is COc1ccc(-c2cc(C(F)(F)F)ccc2C#N)cc1. The van der Waals surface area contributed by atoms with E-state index in [-0.39, 0.29) is 11.1 Å². The second kappa shape index (κ2) is 5.25. The minimum Gasteiger partial charge on any atom is -0.497 e. The highest BCUT2D eigenvalue weighted by Crippen LogP contribution is 2.34. The van der Waals surface area contributed by atoms with Crippen molar-refractivity contribution in [3.05, 3.63) is 53.6 Å². The Balaban J connectivity index is 2.55. The maximum Gasteiger partial charge on any atom is 0.416 e. The predicted molar refractivity (Wildman–Crippen MR) is 68.1 cm³/mol. The van der Waals surface area contributed by atoms with E-state index in [0.29, 0.717) is 11.3 Å². The van der Waals surface area contributed by atoms with Gasteiger partial charge in [0.1, 0.15) is 5.75 Å². The highest BCUT2D eigenvalue weighted by atomic mass is 19.4. The molecule has 0 fully saturated rings. The molecule has 0 aromatic heterocycles. The second-order valence-electron chi connectivity index (χ2n) is 4.10. The number of hydrogen-bond donors (Lipinski definition) is 0. The third-order valence-electron chi connectivity index (χ3n) is 2.87. The largest absolute Gasteiger partial charge is 0.497 e. The third-order valence-corrected chi connectivity index (χ3v) is 2.87. The first-order chi connectivity index (χ1) is 9.45. The van der Waals surface area contributed by atoms with Gasteiger partial charge in [0.2, 0.25) is 0 Å². The van der Waals surface area contributed by atoms with Gasteiger partial charge < -0.3 is 4.74 Å². The van der Waals surface area contributed by atoms with Crippen molar-refractivity contribution in [3.8, 4) is 22.9 Å². The summed E-state index contributed by atoms with van der Waals surface area (Å²) in [6.07, 6.45) is -4.44. The summed E-state index contributed by atoms with van der Waals surface area (Å²) in [5.74, 6) is 0.597. The molecule has 0 N–H and O–H groups in total. The lowest BCUT2D eigenvalue weighted by molar-refractivity contribution is -0.137. The molecule has 0 radical (unpaired) electrons. The molecule has 0 heterocycles. The van der Waals surface area contributed by atoms with E-state index in [2.05, 4.69) is 0 Å². The van der Waals surface area contributed by atoms with Crippen LogP contribution in [0.4, 0.5) is 13.2 Å². The summed E-state index contributed by atoms with van der Waals surface area (Å²) in [5.41, 5.74) is 0.212. The Bertz CT molecular complexity index is 654. The first-order valence-corrected chi connectivity index (χ1v) is 5.71. The Morgan fingerprint density at radius 3 is 2.20 bits per heavy atom. The number of alkyl halides is 3. The van der Waals surface area contributed by atoms with Gasteiger partial charge in [-0.15, -0.1) is 0 Å².